The van der Waals surface area contributed by atoms with Crippen LogP contribution in [0.1, 0.15) is 28.5 Å². The predicted molar refractivity (Wildman–Crippen MR) is 154 cm³/mol. The zero-order chi connectivity index (χ0) is 28.0. The molecular formula is C31H32N6O4. The van der Waals surface area contributed by atoms with Crippen LogP contribution in [0.15, 0.2) is 91.0 Å². The number of hydrogen-bond acceptors (Lipinski definition) is 9. The van der Waals surface area contributed by atoms with Gasteiger partial charge in [0.1, 0.15) is 29.9 Å². The molecule has 3 aromatic carbocycles. The molecule has 1 aliphatic rings. The molecule has 1 saturated heterocycles. The number of fused-ring (bicyclic) bond motifs is 1. The molecule has 0 saturated carbocycles. The average Bonchev–Trinajstić information content (AvgIpc) is 3.57. The SMILES string of the molecule is Nc1nc(N)c2n[nH]c([C@@H]3O[C@H](COCc4ccccc4)[C@@H](OCc4ccccc4)[C@H]3OCc3ccccc3)c2n1. The van der Waals surface area contributed by atoms with Crippen LogP contribution in [-0.4, -0.2) is 45.1 Å². The first-order chi connectivity index (χ1) is 20.2. The molecule has 10 nitrogen and oxygen atoms in total. The lowest BCUT2D eigenvalue weighted by Crippen LogP contribution is -2.37. The van der Waals surface area contributed by atoms with Gasteiger partial charge in [0.25, 0.3) is 0 Å². The van der Waals surface area contributed by atoms with Gasteiger partial charge < -0.3 is 30.4 Å². The van der Waals surface area contributed by atoms with Gasteiger partial charge in [0.15, 0.2) is 11.3 Å². The van der Waals surface area contributed by atoms with Crippen molar-refractivity contribution in [2.75, 3.05) is 18.1 Å². The number of hydrogen-bond donors (Lipinski definition) is 3. The van der Waals surface area contributed by atoms with Gasteiger partial charge in [0, 0.05) is 0 Å². The summed E-state index contributed by atoms with van der Waals surface area (Å²) < 4.78 is 25.9. The summed E-state index contributed by atoms with van der Waals surface area (Å²) in [5.41, 5.74) is 16.7. The lowest BCUT2D eigenvalue weighted by atomic mass is 10.0. The molecule has 10 heteroatoms. The van der Waals surface area contributed by atoms with Crippen LogP contribution in [0.5, 0.6) is 0 Å². The van der Waals surface area contributed by atoms with Gasteiger partial charge in [-0.25, -0.2) is 4.98 Å². The molecule has 0 spiro atoms. The Hall–Kier alpha value is -4.35. The topological polar surface area (TPSA) is 143 Å². The number of nitrogens with zero attached hydrogens (tertiary/aromatic N) is 3. The Bertz CT molecular complexity index is 1550. The highest BCUT2D eigenvalue weighted by molar-refractivity contribution is 5.87. The number of nitrogens with one attached hydrogen (secondary N) is 1. The Kier molecular flexibility index (Phi) is 8.15. The van der Waals surface area contributed by atoms with Crippen molar-refractivity contribution in [3.05, 3.63) is 113 Å². The number of ether oxygens (including phenoxy) is 4. The lowest BCUT2D eigenvalue weighted by molar-refractivity contribution is -0.0898. The van der Waals surface area contributed by atoms with E-state index in [4.69, 9.17) is 30.4 Å². The Balaban J connectivity index is 1.31. The van der Waals surface area contributed by atoms with E-state index in [9.17, 15) is 0 Å². The number of benzene rings is 3. The molecule has 0 unspecified atom stereocenters. The van der Waals surface area contributed by atoms with Crippen LogP contribution in [0, 0.1) is 0 Å². The molecule has 0 amide bonds. The van der Waals surface area contributed by atoms with Crippen LogP contribution in [0.3, 0.4) is 0 Å². The lowest BCUT2D eigenvalue weighted by Gasteiger charge is -2.25. The van der Waals surface area contributed by atoms with E-state index in [0.717, 1.165) is 16.7 Å². The van der Waals surface area contributed by atoms with Crippen LogP contribution in [0.25, 0.3) is 11.0 Å². The number of rotatable bonds is 11. The molecule has 4 atom stereocenters. The predicted octanol–water partition coefficient (Wildman–Crippen LogP) is 4.34. The largest absolute Gasteiger partial charge is 0.382 e. The second-order valence-corrected chi connectivity index (χ2v) is 9.92. The summed E-state index contributed by atoms with van der Waals surface area (Å²) in [5.74, 6) is 0.242. The molecule has 0 radical (unpaired) electrons. The summed E-state index contributed by atoms with van der Waals surface area (Å²) in [5, 5.41) is 7.42. The van der Waals surface area contributed by atoms with E-state index in [1.807, 2.05) is 91.0 Å². The van der Waals surface area contributed by atoms with Gasteiger partial charge in [-0.3, -0.25) is 5.10 Å². The van der Waals surface area contributed by atoms with Crippen molar-refractivity contribution >= 4 is 22.8 Å². The summed E-state index contributed by atoms with van der Waals surface area (Å²) in [4.78, 5) is 8.47. The third-order valence-corrected chi connectivity index (χ3v) is 7.03. The number of aromatic nitrogens is 4. The van der Waals surface area contributed by atoms with Crippen molar-refractivity contribution in [1.29, 1.82) is 0 Å². The van der Waals surface area contributed by atoms with Gasteiger partial charge in [0.2, 0.25) is 5.95 Å². The third-order valence-electron chi connectivity index (χ3n) is 7.03. The van der Waals surface area contributed by atoms with Gasteiger partial charge >= 0.3 is 0 Å². The van der Waals surface area contributed by atoms with Crippen molar-refractivity contribution in [1.82, 2.24) is 20.2 Å². The van der Waals surface area contributed by atoms with Crippen molar-refractivity contribution < 1.29 is 18.9 Å². The maximum Gasteiger partial charge on any atom is 0.222 e. The van der Waals surface area contributed by atoms with Gasteiger partial charge in [-0.15, -0.1) is 0 Å². The standard InChI is InChI=1S/C31H32N6O4/c32-30-26-24(34-31(33)35-30)25(36-37-26)28-29(40-18-22-14-8-3-9-15-22)27(39-17-21-12-6-2-7-13-21)23(41-28)19-38-16-20-10-4-1-5-11-20/h1-15,23,27-29H,16-19H2,(H,36,37)(H4,32,33,34,35)/t23-,27-,28+,29-/m1/s1. The molecule has 0 bridgehead atoms. The van der Waals surface area contributed by atoms with Gasteiger partial charge in [-0.1, -0.05) is 91.0 Å². The fourth-order valence-electron chi connectivity index (χ4n) is 5.03. The van der Waals surface area contributed by atoms with E-state index in [-0.39, 0.29) is 11.8 Å². The summed E-state index contributed by atoms with van der Waals surface area (Å²) in [6, 6.07) is 30.0. The minimum Gasteiger partial charge on any atom is -0.382 e. The highest BCUT2D eigenvalue weighted by Crippen LogP contribution is 2.40. The molecule has 41 heavy (non-hydrogen) atoms. The molecule has 210 valence electrons. The number of aromatic amines is 1. The Morgan fingerprint density at radius 3 is 1.85 bits per heavy atom. The van der Waals surface area contributed by atoms with Gasteiger partial charge in [-0.05, 0) is 16.7 Å². The van der Waals surface area contributed by atoms with E-state index < -0.39 is 24.4 Å². The Morgan fingerprint density at radius 2 is 1.24 bits per heavy atom. The van der Waals surface area contributed by atoms with Gasteiger partial charge in [0.05, 0.1) is 32.1 Å². The van der Waals surface area contributed by atoms with E-state index >= 15 is 0 Å². The minimum atomic E-state index is -0.608. The molecule has 3 heterocycles. The van der Waals surface area contributed by atoms with Crippen LogP contribution < -0.4 is 11.5 Å². The summed E-state index contributed by atoms with van der Waals surface area (Å²) in [6.07, 6.45) is -2.04. The van der Waals surface area contributed by atoms with E-state index in [1.54, 1.807) is 0 Å². The highest BCUT2D eigenvalue weighted by atomic mass is 16.6. The summed E-state index contributed by atoms with van der Waals surface area (Å²) >= 11 is 0. The van der Waals surface area contributed by atoms with E-state index in [2.05, 4.69) is 20.2 Å². The molecule has 1 fully saturated rings. The maximum atomic E-state index is 6.65. The first-order valence-electron chi connectivity index (χ1n) is 13.5. The third kappa shape index (κ3) is 6.21. The van der Waals surface area contributed by atoms with Crippen molar-refractivity contribution in [2.45, 2.75) is 44.2 Å². The number of nitrogens with two attached hydrogens (primary N) is 2. The van der Waals surface area contributed by atoms with Gasteiger partial charge in [-0.2, -0.15) is 10.1 Å². The molecule has 1 aliphatic heterocycles. The molecule has 2 aromatic heterocycles. The van der Waals surface area contributed by atoms with E-state index in [1.165, 1.54) is 0 Å². The normalized spacial score (nSPS) is 20.5. The Morgan fingerprint density at radius 1 is 0.683 bits per heavy atom. The molecule has 6 rings (SSSR count). The zero-order valence-electron chi connectivity index (χ0n) is 22.4. The fourth-order valence-corrected chi connectivity index (χ4v) is 5.03. The molecular weight excluding hydrogens is 520 g/mol. The van der Waals surface area contributed by atoms with Crippen molar-refractivity contribution in [3.8, 4) is 0 Å². The van der Waals surface area contributed by atoms with Crippen LogP contribution in [-0.2, 0) is 38.8 Å². The highest BCUT2D eigenvalue weighted by Gasteiger charge is 2.48. The summed E-state index contributed by atoms with van der Waals surface area (Å²) in [7, 11) is 0. The second-order valence-electron chi connectivity index (χ2n) is 9.92. The van der Waals surface area contributed by atoms with E-state index in [0.29, 0.717) is 43.2 Å². The molecule has 0 aliphatic carbocycles. The quantitative estimate of drug-likeness (QED) is 0.218. The average molecular weight is 553 g/mol. The monoisotopic (exact) mass is 552 g/mol. The smallest absolute Gasteiger partial charge is 0.222 e. The zero-order valence-corrected chi connectivity index (χ0v) is 22.4. The van der Waals surface area contributed by atoms with Crippen LogP contribution in [0.2, 0.25) is 0 Å². The number of H-pyrrole nitrogens is 1. The maximum absolute atomic E-state index is 6.65. The number of anilines is 2. The molecule has 5 N–H and O–H groups in total. The van der Waals surface area contributed by atoms with Crippen molar-refractivity contribution in [3.63, 3.8) is 0 Å². The first-order valence-corrected chi connectivity index (χ1v) is 13.5. The first kappa shape index (κ1) is 26.9. The minimum absolute atomic E-state index is 0.0528. The summed E-state index contributed by atoms with van der Waals surface area (Å²) in [6.45, 7) is 1.48. The fraction of sp³-hybridized carbons (Fsp3) is 0.258. The molecule has 5 aromatic rings. The Labute approximate surface area is 237 Å². The van der Waals surface area contributed by atoms with Crippen LogP contribution in [0.4, 0.5) is 11.8 Å². The van der Waals surface area contributed by atoms with Crippen LogP contribution >= 0.6 is 0 Å². The number of nitrogen functional groups attached to an aromatic ring is 2. The second kappa shape index (κ2) is 12.4. The van der Waals surface area contributed by atoms with Crippen molar-refractivity contribution in [2.24, 2.45) is 0 Å².